The molecule has 1 saturated carbocycles. The summed E-state index contributed by atoms with van der Waals surface area (Å²) in [5.74, 6) is 0.119. The Morgan fingerprint density at radius 3 is 2.81 bits per heavy atom. The molecule has 0 radical (unpaired) electrons. The molecular weight excluding hydrogens is 332 g/mol. The fraction of sp³-hybridized carbons (Fsp3) is 0.412. The van der Waals surface area contributed by atoms with E-state index in [0.29, 0.717) is 17.1 Å². The minimum atomic E-state index is -0.273. The second kappa shape index (κ2) is 7.31. The molecule has 2 heterocycles. The summed E-state index contributed by atoms with van der Waals surface area (Å²) >= 11 is 0. The van der Waals surface area contributed by atoms with E-state index in [1.807, 2.05) is 12.1 Å². The smallest absolute Gasteiger partial charge is 0.234 e. The average molecular weight is 354 g/mol. The largest absolute Gasteiger partial charge is 0.384 e. The fourth-order valence-corrected chi connectivity index (χ4v) is 3.43. The maximum Gasteiger partial charge on any atom is 0.234 e. The number of carbonyl (C=O) groups is 1. The molecule has 0 aliphatic heterocycles. The van der Waals surface area contributed by atoms with Crippen molar-refractivity contribution in [1.82, 2.24) is 14.9 Å². The van der Waals surface area contributed by atoms with E-state index in [1.165, 1.54) is 6.20 Å². The Labute approximate surface area is 150 Å². The lowest BCUT2D eigenvalue weighted by Crippen LogP contribution is -2.48. The van der Waals surface area contributed by atoms with Crippen molar-refractivity contribution in [2.45, 2.75) is 44.2 Å². The van der Waals surface area contributed by atoms with Gasteiger partial charge in [0.05, 0.1) is 29.0 Å². The summed E-state index contributed by atoms with van der Waals surface area (Å²) in [6, 6.07) is 5.31. The van der Waals surface area contributed by atoms with Gasteiger partial charge in [-0.1, -0.05) is 12.8 Å². The maximum absolute atomic E-state index is 11.9. The first kappa shape index (κ1) is 17.5. The van der Waals surface area contributed by atoms with E-state index >= 15 is 0 Å². The fourth-order valence-electron chi connectivity index (χ4n) is 3.43. The summed E-state index contributed by atoms with van der Waals surface area (Å²) < 4.78 is 1.58. The Bertz CT molecular complexity index is 881. The first-order valence-corrected chi connectivity index (χ1v) is 8.54. The van der Waals surface area contributed by atoms with Crippen molar-refractivity contribution in [3.8, 4) is 6.07 Å². The summed E-state index contributed by atoms with van der Waals surface area (Å²) in [6.07, 6.45) is 5.09. The molecule has 0 bridgehead atoms. The molecule has 2 atom stereocenters. The van der Waals surface area contributed by atoms with Gasteiger partial charge in [0.1, 0.15) is 18.1 Å². The summed E-state index contributed by atoms with van der Waals surface area (Å²) in [5.41, 5.74) is 13.6. The quantitative estimate of drug-likeness (QED) is 0.397. The van der Waals surface area contributed by atoms with Crippen LogP contribution in [0.5, 0.6) is 0 Å². The van der Waals surface area contributed by atoms with E-state index in [0.717, 1.165) is 31.2 Å². The highest BCUT2D eigenvalue weighted by atomic mass is 16.1. The molecule has 1 amide bonds. The zero-order chi connectivity index (χ0) is 18.7. The Kier molecular flexibility index (Phi) is 4.93. The van der Waals surface area contributed by atoms with Crippen molar-refractivity contribution in [1.29, 1.82) is 10.7 Å². The number of carbonyl (C=O) groups excluding carboxylic acids is 1. The van der Waals surface area contributed by atoms with E-state index in [9.17, 15) is 4.79 Å². The molecule has 136 valence electrons. The number of anilines is 2. The molecule has 9 nitrogen and oxygen atoms in total. The van der Waals surface area contributed by atoms with Crippen LogP contribution in [0.15, 0.2) is 18.3 Å². The Balaban J connectivity index is 1.93. The average Bonchev–Trinajstić information content (AvgIpc) is 2.98. The molecule has 1 fully saturated rings. The predicted molar refractivity (Wildman–Crippen MR) is 98.7 cm³/mol. The highest BCUT2D eigenvalue weighted by Gasteiger charge is 2.28. The summed E-state index contributed by atoms with van der Waals surface area (Å²) in [4.78, 5) is 11.9. The highest BCUT2D eigenvalue weighted by molar-refractivity contribution is 6.03. The number of nitrogens with zero attached hydrogens (tertiary/aromatic N) is 3. The van der Waals surface area contributed by atoms with Crippen molar-refractivity contribution in [2.75, 3.05) is 11.1 Å². The van der Waals surface area contributed by atoms with Crippen molar-refractivity contribution >= 4 is 28.8 Å². The van der Waals surface area contributed by atoms with E-state index in [1.54, 1.807) is 10.6 Å². The van der Waals surface area contributed by atoms with Gasteiger partial charge in [0.25, 0.3) is 0 Å². The van der Waals surface area contributed by atoms with Gasteiger partial charge in [0.15, 0.2) is 0 Å². The Morgan fingerprint density at radius 2 is 2.12 bits per heavy atom. The molecule has 0 unspecified atom stereocenters. The van der Waals surface area contributed by atoms with Gasteiger partial charge < -0.3 is 22.1 Å². The number of nitrogens with two attached hydrogens (primary N) is 2. The van der Waals surface area contributed by atoms with Crippen molar-refractivity contribution in [2.24, 2.45) is 5.73 Å². The first-order valence-electron chi connectivity index (χ1n) is 8.54. The molecule has 7 N–H and O–H groups in total. The van der Waals surface area contributed by atoms with Gasteiger partial charge in [-0.2, -0.15) is 10.4 Å². The van der Waals surface area contributed by atoms with Crippen LogP contribution in [0.3, 0.4) is 0 Å². The number of aromatic nitrogens is 2. The number of nitrogens with one attached hydrogen (secondary N) is 3. The van der Waals surface area contributed by atoms with Crippen LogP contribution in [0.25, 0.3) is 5.52 Å². The van der Waals surface area contributed by atoms with Crippen LogP contribution < -0.4 is 22.1 Å². The topological polar surface area (TPSA) is 158 Å². The number of rotatable bonds is 5. The third kappa shape index (κ3) is 3.39. The van der Waals surface area contributed by atoms with E-state index in [-0.39, 0.29) is 30.2 Å². The Morgan fingerprint density at radius 1 is 1.38 bits per heavy atom. The van der Waals surface area contributed by atoms with E-state index < -0.39 is 0 Å². The van der Waals surface area contributed by atoms with Crippen molar-refractivity contribution in [3.05, 3.63) is 23.9 Å². The Hall–Kier alpha value is -3.28. The standard InChI is InChI=1S/C17H22N8O/c18-8-7-15(26)23-11-3-1-2-4-12(11)24-16-10(17(20)21)9-22-25-13(16)5-6-14(25)19/h5-6,9,11-12,24H,1-4,7,19H2,(H3,20,21)(H,23,26)/t11-,12-/m1/s1. The molecule has 2 aromatic rings. The number of hydrogen-bond acceptors (Lipinski definition) is 6. The zero-order valence-electron chi connectivity index (χ0n) is 14.3. The number of nitrogen functional groups attached to an aromatic ring is 2. The summed E-state index contributed by atoms with van der Waals surface area (Å²) in [7, 11) is 0. The molecule has 9 heteroatoms. The van der Waals surface area contributed by atoms with Gasteiger partial charge in [-0.25, -0.2) is 4.52 Å². The van der Waals surface area contributed by atoms with Crippen molar-refractivity contribution in [3.63, 3.8) is 0 Å². The lowest BCUT2D eigenvalue weighted by Gasteiger charge is -2.34. The summed E-state index contributed by atoms with van der Waals surface area (Å²) in [5, 5.41) is 27.2. The highest BCUT2D eigenvalue weighted by Crippen LogP contribution is 2.28. The van der Waals surface area contributed by atoms with Gasteiger partial charge >= 0.3 is 0 Å². The third-order valence-electron chi connectivity index (χ3n) is 4.68. The van der Waals surface area contributed by atoms with Crippen molar-refractivity contribution < 1.29 is 4.79 Å². The zero-order valence-corrected chi connectivity index (χ0v) is 14.3. The monoisotopic (exact) mass is 354 g/mol. The number of amidine groups is 1. The van der Waals surface area contributed by atoms with Crippen LogP contribution in [-0.2, 0) is 4.79 Å². The van der Waals surface area contributed by atoms with Gasteiger partial charge in [-0.15, -0.1) is 0 Å². The molecule has 0 spiro atoms. The molecule has 1 aliphatic rings. The third-order valence-corrected chi connectivity index (χ3v) is 4.68. The van der Waals surface area contributed by atoms with Crippen LogP contribution in [0.4, 0.5) is 11.5 Å². The van der Waals surface area contributed by atoms with Gasteiger partial charge in [0.2, 0.25) is 5.91 Å². The predicted octanol–water partition coefficient (Wildman–Crippen LogP) is 0.954. The first-order chi connectivity index (χ1) is 12.5. The van der Waals surface area contributed by atoms with Crippen LogP contribution in [0.1, 0.15) is 37.7 Å². The number of amides is 1. The van der Waals surface area contributed by atoms with Crippen LogP contribution in [0, 0.1) is 16.7 Å². The molecule has 0 saturated heterocycles. The normalized spacial score (nSPS) is 19.7. The van der Waals surface area contributed by atoms with Crippen LogP contribution >= 0.6 is 0 Å². The van der Waals surface area contributed by atoms with Crippen LogP contribution in [-0.4, -0.2) is 33.4 Å². The molecule has 0 aromatic carbocycles. The molecular formula is C17H22N8O. The minimum Gasteiger partial charge on any atom is -0.384 e. The number of hydrogen-bond donors (Lipinski definition) is 5. The second-order valence-electron chi connectivity index (χ2n) is 6.45. The molecule has 1 aliphatic carbocycles. The second-order valence-corrected chi connectivity index (χ2v) is 6.45. The molecule has 26 heavy (non-hydrogen) atoms. The maximum atomic E-state index is 11.9. The minimum absolute atomic E-state index is 0.0354. The van der Waals surface area contributed by atoms with Gasteiger partial charge in [-0.3, -0.25) is 10.2 Å². The van der Waals surface area contributed by atoms with E-state index in [2.05, 4.69) is 15.7 Å². The van der Waals surface area contributed by atoms with E-state index in [4.69, 9.17) is 22.1 Å². The molecule has 2 aromatic heterocycles. The van der Waals surface area contributed by atoms with Gasteiger partial charge in [0, 0.05) is 12.1 Å². The lowest BCUT2D eigenvalue weighted by atomic mass is 9.89. The number of nitriles is 1. The van der Waals surface area contributed by atoms with Crippen LogP contribution in [0.2, 0.25) is 0 Å². The lowest BCUT2D eigenvalue weighted by molar-refractivity contribution is -0.121. The number of fused-ring (bicyclic) bond motifs is 1. The SMILES string of the molecule is N#CCC(=O)N[C@@H]1CCCC[C@H]1Nc1c(C(=N)N)cnn2c(N)ccc12. The van der Waals surface area contributed by atoms with Gasteiger partial charge in [-0.05, 0) is 25.0 Å². The summed E-state index contributed by atoms with van der Waals surface area (Å²) in [6.45, 7) is 0. The molecule has 3 rings (SSSR count).